The molecule has 12 heavy (non-hydrogen) atoms. The van der Waals surface area contributed by atoms with Gasteiger partial charge in [0.25, 0.3) is 0 Å². The van der Waals surface area contributed by atoms with E-state index >= 15 is 0 Å². The molecule has 1 aromatic rings. The van der Waals surface area contributed by atoms with Gasteiger partial charge in [0.2, 0.25) is 0 Å². The summed E-state index contributed by atoms with van der Waals surface area (Å²) in [6, 6.07) is 7.07. The molecular formula is C7H5BrN4. The van der Waals surface area contributed by atoms with E-state index in [-0.39, 0.29) is 0 Å². The molecule has 0 spiro atoms. The van der Waals surface area contributed by atoms with Gasteiger partial charge in [0.05, 0.1) is 5.56 Å². The first-order valence-electron chi connectivity index (χ1n) is 3.08. The number of nitriles is 1. The molecule has 0 saturated heterocycles. The molecule has 4 nitrogen and oxygen atoms in total. The third-order valence-corrected chi connectivity index (χ3v) is 1.74. The molecule has 0 aliphatic rings. The molecule has 2 N–H and O–H groups in total. The van der Waals surface area contributed by atoms with Gasteiger partial charge in [-0.25, -0.2) is 0 Å². The van der Waals surface area contributed by atoms with Gasteiger partial charge in [-0.05, 0) is 18.2 Å². The lowest BCUT2D eigenvalue weighted by Gasteiger charge is -1.95. The average molecular weight is 225 g/mol. The number of nitrogens with zero attached hydrogens (tertiary/aromatic N) is 3. The number of benzene rings is 1. The number of nitrogens with two attached hydrogens (primary N) is 1. The molecule has 0 aliphatic heterocycles. The van der Waals surface area contributed by atoms with E-state index in [2.05, 4.69) is 26.3 Å². The van der Waals surface area contributed by atoms with Gasteiger partial charge in [0.1, 0.15) is 11.8 Å². The fourth-order valence-corrected chi connectivity index (χ4v) is 1.11. The number of hydrogen-bond acceptors (Lipinski definition) is 3. The van der Waals surface area contributed by atoms with Crippen molar-refractivity contribution in [2.45, 2.75) is 0 Å². The number of halogens is 1. The summed E-state index contributed by atoms with van der Waals surface area (Å²) >= 11 is 3.23. The highest BCUT2D eigenvalue weighted by atomic mass is 79.9. The van der Waals surface area contributed by atoms with Crippen LogP contribution < -0.4 is 5.84 Å². The predicted octanol–water partition coefficient (Wildman–Crippen LogP) is 2.28. The Morgan fingerprint density at radius 1 is 1.50 bits per heavy atom. The van der Waals surface area contributed by atoms with Crippen LogP contribution in [0.5, 0.6) is 0 Å². The lowest BCUT2D eigenvalue weighted by Crippen LogP contribution is -1.78. The zero-order valence-electron chi connectivity index (χ0n) is 6.03. The Bertz CT molecular complexity index is 353. The Kier molecular flexibility index (Phi) is 2.77. The Hall–Kier alpha value is -1.41. The second-order valence-electron chi connectivity index (χ2n) is 1.99. The molecule has 60 valence electrons. The van der Waals surface area contributed by atoms with Crippen LogP contribution in [0.25, 0.3) is 0 Å². The van der Waals surface area contributed by atoms with Crippen molar-refractivity contribution in [3.8, 4) is 6.07 Å². The first-order valence-corrected chi connectivity index (χ1v) is 3.88. The highest BCUT2D eigenvalue weighted by Crippen LogP contribution is 2.22. The normalized spacial score (nSPS) is 10.0. The maximum atomic E-state index is 8.66. The van der Waals surface area contributed by atoms with Gasteiger partial charge < -0.3 is 5.84 Å². The largest absolute Gasteiger partial charge is 0.305 e. The van der Waals surface area contributed by atoms with Gasteiger partial charge in [-0.15, -0.1) is 5.11 Å². The Morgan fingerprint density at radius 2 is 2.25 bits per heavy atom. The van der Waals surface area contributed by atoms with Gasteiger partial charge in [0, 0.05) is 4.47 Å². The van der Waals surface area contributed by atoms with Gasteiger partial charge in [-0.1, -0.05) is 21.2 Å². The Labute approximate surface area is 77.8 Å². The zero-order chi connectivity index (χ0) is 8.97. The van der Waals surface area contributed by atoms with Gasteiger partial charge in [0.15, 0.2) is 0 Å². The first-order chi connectivity index (χ1) is 5.77. The van der Waals surface area contributed by atoms with Crippen LogP contribution in [-0.4, -0.2) is 0 Å². The SMILES string of the molecule is N#Cc1cc(Br)ccc1N=NN. The van der Waals surface area contributed by atoms with Crippen molar-refractivity contribution < 1.29 is 0 Å². The fraction of sp³-hybridized carbons (Fsp3) is 0. The molecule has 0 aliphatic carbocycles. The summed E-state index contributed by atoms with van der Waals surface area (Å²) < 4.78 is 0.829. The Balaban J connectivity index is 3.22. The third-order valence-electron chi connectivity index (χ3n) is 1.24. The minimum atomic E-state index is 0.443. The fourth-order valence-electron chi connectivity index (χ4n) is 0.747. The van der Waals surface area contributed by atoms with Crippen LogP contribution >= 0.6 is 15.9 Å². The van der Waals surface area contributed by atoms with Crippen LogP contribution in [0.15, 0.2) is 33.0 Å². The van der Waals surface area contributed by atoms with Crippen molar-refractivity contribution in [3.63, 3.8) is 0 Å². The molecule has 0 heterocycles. The summed E-state index contributed by atoms with van der Waals surface area (Å²) in [5.41, 5.74) is 0.918. The number of hydrogen-bond donors (Lipinski definition) is 1. The van der Waals surface area contributed by atoms with Crippen LogP contribution in [0.4, 0.5) is 5.69 Å². The van der Waals surface area contributed by atoms with E-state index in [1.807, 2.05) is 6.07 Å². The molecule has 0 saturated carbocycles. The second kappa shape index (κ2) is 3.83. The number of rotatable bonds is 1. The van der Waals surface area contributed by atoms with Crippen LogP contribution in [0, 0.1) is 11.3 Å². The molecule has 5 heteroatoms. The van der Waals surface area contributed by atoms with E-state index in [1.165, 1.54) is 0 Å². The average Bonchev–Trinajstić information content (AvgIpc) is 2.08. The molecule has 1 aromatic carbocycles. The summed E-state index contributed by atoms with van der Waals surface area (Å²) in [7, 11) is 0. The van der Waals surface area contributed by atoms with Crippen molar-refractivity contribution in [2.75, 3.05) is 0 Å². The van der Waals surface area contributed by atoms with Crippen molar-refractivity contribution in [2.24, 2.45) is 16.2 Å². The van der Waals surface area contributed by atoms with Gasteiger partial charge in [-0.3, -0.25) is 0 Å². The van der Waals surface area contributed by atoms with Crippen LogP contribution in [0.1, 0.15) is 5.56 Å². The van der Waals surface area contributed by atoms with Crippen LogP contribution in [0.2, 0.25) is 0 Å². The van der Waals surface area contributed by atoms with Gasteiger partial charge in [-0.2, -0.15) is 5.26 Å². The van der Waals surface area contributed by atoms with Crippen LogP contribution in [0.3, 0.4) is 0 Å². The van der Waals surface area contributed by atoms with Crippen molar-refractivity contribution in [1.29, 1.82) is 5.26 Å². The highest BCUT2D eigenvalue weighted by molar-refractivity contribution is 9.10. The first kappa shape index (κ1) is 8.68. The maximum Gasteiger partial charge on any atom is 0.105 e. The second-order valence-corrected chi connectivity index (χ2v) is 2.90. The standard InChI is InChI=1S/C7H5BrN4/c8-6-1-2-7(11-12-10)5(3-6)4-9/h1-3H,(H2,10,11). The maximum absolute atomic E-state index is 8.66. The van der Waals surface area contributed by atoms with E-state index in [4.69, 9.17) is 11.1 Å². The topological polar surface area (TPSA) is 74.5 Å². The Morgan fingerprint density at radius 3 is 2.83 bits per heavy atom. The van der Waals surface area contributed by atoms with Crippen molar-refractivity contribution >= 4 is 21.6 Å². The van der Waals surface area contributed by atoms with E-state index in [1.54, 1.807) is 18.2 Å². The van der Waals surface area contributed by atoms with Crippen LogP contribution in [-0.2, 0) is 0 Å². The summed E-state index contributed by atoms with van der Waals surface area (Å²) in [4.78, 5) is 0. The van der Waals surface area contributed by atoms with Gasteiger partial charge >= 0.3 is 0 Å². The smallest absolute Gasteiger partial charge is 0.105 e. The highest BCUT2D eigenvalue weighted by Gasteiger charge is 2.00. The molecule has 0 fully saturated rings. The lowest BCUT2D eigenvalue weighted by molar-refractivity contribution is 1.06. The molecule has 0 bridgehead atoms. The minimum Gasteiger partial charge on any atom is -0.305 e. The van der Waals surface area contributed by atoms with E-state index < -0.39 is 0 Å². The van der Waals surface area contributed by atoms with E-state index in [0.29, 0.717) is 11.3 Å². The van der Waals surface area contributed by atoms with E-state index in [9.17, 15) is 0 Å². The monoisotopic (exact) mass is 224 g/mol. The molecular weight excluding hydrogens is 220 g/mol. The molecule has 0 amide bonds. The van der Waals surface area contributed by atoms with Crippen molar-refractivity contribution in [1.82, 2.24) is 0 Å². The molecule has 0 atom stereocenters. The van der Waals surface area contributed by atoms with E-state index in [0.717, 1.165) is 4.47 Å². The summed E-state index contributed by atoms with van der Waals surface area (Å²) in [6.45, 7) is 0. The van der Waals surface area contributed by atoms with Crippen molar-refractivity contribution in [3.05, 3.63) is 28.2 Å². The summed E-state index contributed by atoms with van der Waals surface area (Å²) in [5.74, 6) is 4.86. The summed E-state index contributed by atoms with van der Waals surface area (Å²) in [6.07, 6.45) is 0. The molecule has 1 rings (SSSR count). The quantitative estimate of drug-likeness (QED) is 0.452. The lowest BCUT2D eigenvalue weighted by atomic mass is 10.2. The molecule has 0 unspecified atom stereocenters. The predicted molar refractivity (Wildman–Crippen MR) is 47.6 cm³/mol. The molecule has 0 aromatic heterocycles. The summed E-state index contributed by atoms with van der Waals surface area (Å²) in [5, 5.41) is 15.3. The third kappa shape index (κ3) is 1.80. The zero-order valence-corrected chi connectivity index (χ0v) is 7.62. The minimum absolute atomic E-state index is 0.443. The molecule has 0 radical (unpaired) electrons.